The second kappa shape index (κ2) is 6.34. The Balaban J connectivity index is 2.13. The molecule has 1 unspecified atom stereocenters. The van der Waals surface area contributed by atoms with Crippen molar-refractivity contribution in [1.82, 2.24) is 4.72 Å². The zero-order valence-electron chi connectivity index (χ0n) is 11.5. The van der Waals surface area contributed by atoms with E-state index in [1.807, 2.05) is 0 Å². The van der Waals surface area contributed by atoms with Crippen LogP contribution in [0.15, 0.2) is 53.4 Å². The van der Waals surface area contributed by atoms with Gasteiger partial charge in [0.15, 0.2) is 0 Å². The molecule has 0 aromatic heterocycles. The van der Waals surface area contributed by atoms with E-state index < -0.39 is 21.9 Å². The van der Waals surface area contributed by atoms with Crippen LogP contribution in [-0.2, 0) is 10.0 Å². The van der Waals surface area contributed by atoms with Gasteiger partial charge in [0.05, 0.1) is 11.0 Å². The van der Waals surface area contributed by atoms with Gasteiger partial charge < -0.3 is 5.11 Å². The predicted octanol–water partition coefficient (Wildman–Crippen LogP) is 2.15. The molecule has 2 aromatic carbocycles. The van der Waals surface area contributed by atoms with E-state index in [1.54, 1.807) is 37.3 Å². The van der Waals surface area contributed by atoms with E-state index in [4.69, 9.17) is 0 Å². The van der Waals surface area contributed by atoms with E-state index in [0.29, 0.717) is 11.1 Å². The molecule has 0 aliphatic heterocycles. The highest BCUT2D eigenvalue weighted by molar-refractivity contribution is 7.89. The second-order valence-corrected chi connectivity index (χ2v) is 6.42. The van der Waals surface area contributed by atoms with Gasteiger partial charge >= 0.3 is 0 Å². The molecule has 0 fully saturated rings. The highest BCUT2D eigenvalue weighted by Crippen LogP contribution is 2.17. The van der Waals surface area contributed by atoms with Crippen LogP contribution in [0.5, 0.6) is 0 Å². The number of aliphatic hydroxyl groups is 1. The van der Waals surface area contributed by atoms with E-state index in [9.17, 15) is 17.9 Å². The van der Waals surface area contributed by atoms with Crippen molar-refractivity contribution in [3.63, 3.8) is 0 Å². The van der Waals surface area contributed by atoms with Crippen LogP contribution >= 0.6 is 0 Å². The van der Waals surface area contributed by atoms with Crippen LogP contribution in [0.25, 0.3) is 0 Å². The molecule has 0 amide bonds. The molecule has 0 spiro atoms. The normalized spacial score (nSPS) is 13.1. The first-order valence-corrected chi connectivity index (χ1v) is 7.87. The van der Waals surface area contributed by atoms with Crippen LogP contribution in [0, 0.1) is 12.7 Å². The number of nitrogens with one attached hydrogen (secondary N) is 1. The van der Waals surface area contributed by atoms with Crippen molar-refractivity contribution >= 4 is 10.0 Å². The maximum atomic E-state index is 13.2. The summed E-state index contributed by atoms with van der Waals surface area (Å²) in [6.45, 7) is 1.41. The summed E-state index contributed by atoms with van der Waals surface area (Å²) in [6.07, 6.45) is -0.963. The third-order valence-corrected chi connectivity index (χ3v) is 4.66. The van der Waals surface area contributed by atoms with Crippen molar-refractivity contribution in [2.45, 2.75) is 17.9 Å². The van der Waals surface area contributed by atoms with Crippen LogP contribution in [0.1, 0.15) is 17.2 Å². The monoisotopic (exact) mass is 309 g/mol. The van der Waals surface area contributed by atoms with Gasteiger partial charge in [-0.05, 0) is 30.2 Å². The molecule has 6 heteroatoms. The van der Waals surface area contributed by atoms with E-state index in [0.717, 1.165) is 6.07 Å². The molecule has 112 valence electrons. The maximum Gasteiger partial charge on any atom is 0.241 e. The molecule has 4 nitrogen and oxygen atoms in total. The fraction of sp³-hybridized carbons (Fsp3) is 0.200. The summed E-state index contributed by atoms with van der Waals surface area (Å²) in [6, 6.07) is 12.3. The smallest absolute Gasteiger partial charge is 0.241 e. The average Bonchev–Trinajstić information content (AvgIpc) is 2.48. The Morgan fingerprint density at radius 2 is 1.86 bits per heavy atom. The average molecular weight is 309 g/mol. The molecule has 0 aliphatic rings. The highest BCUT2D eigenvalue weighted by atomic mass is 32.2. The van der Waals surface area contributed by atoms with Gasteiger partial charge in [0, 0.05) is 6.54 Å². The van der Waals surface area contributed by atoms with Crippen molar-refractivity contribution in [3.8, 4) is 0 Å². The van der Waals surface area contributed by atoms with Crippen LogP contribution in [-0.4, -0.2) is 20.1 Å². The van der Waals surface area contributed by atoms with Gasteiger partial charge in [0.1, 0.15) is 5.82 Å². The minimum atomic E-state index is -3.87. The van der Waals surface area contributed by atoms with E-state index in [-0.39, 0.29) is 11.4 Å². The first-order chi connectivity index (χ1) is 9.90. The molecule has 2 rings (SSSR count). The number of hydrogen-bond acceptors (Lipinski definition) is 3. The lowest BCUT2D eigenvalue weighted by atomic mass is 10.1. The third-order valence-electron chi connectivity index (χ3n) is 3.09. The topological polar surface area (TPSA) is 66.4 Å². The molecular formula is C15H16FNO3S. The molecular weight excluding hydrogens is 293 g/mol. The lowest BCUT2D eigenvalue weighted by Gasteiger charge is -2.13. The Morgan fingerprint density at radius 3 is 2.52 bits per heavy atom. The van der Waals surface area contributed by atoms with Crippen molar-refractivity contribution in [2.24, 2.45) is 0 Å². The van der Waals surface area contributed by atoms with Gasteiger partial charge in [-0.25, -0.2) is 17.5 Å². The van der Waals surface area contributed by atoms with Crippen LogP contribution in [0.3, 0.4) is 0 Å². The lowest BCUT2D eigenvalue weighted by molar-refractivity contribution is 0.182. The molecule has 0 heterocycles. The van der Waals surface area contributed by atoms with E-state index in [2.05, 4.69) is 4.72 Å². The molecule has 0 saturated carbocycles. The number of sulfonamides is 1. The molecule has 2 N–H and O–H groups in total. The zero-order valence-corrected chi connectivity index (χ0v) is 12.3. The number of aryl methyl sites for hydroxylation is 1. The van der Waals surface area contributed by atoms with Crippen LogP contribution in [0.2, 0.25) is 0 Å². The number of hydrogen-bond donors (Lipinski definition) is 2. The van der Waals surface area contributed by atoms with Gasteiger partial charge in [-0.15, -0.1) is 0 Å². The summed E-state index contributed by atoms with van der Waals surface area (Å²) in [7, 11) is -3.87. The zero-order chi connectivity index (χ0) is 15.5. The van der Waals surface area contributed by atoms with E-state index in [1.165, 1.54) is 12.1 Å². The van der Waals surface area contributed by atoms with Crippen molar-refractivity contribution in [1.29, 1.82) is 0 Å². The summed E-state index contributed by atoms with van der Waals surface area (Å²) < 4.78 is 39.8. The first-order valence-electron chi connectivity index (χ1n) is 6.39. The number of rotatable bonds is 5. The third kappa shape index (κ3) is 3.87. The fourth-order valence-corrected chi connectivity index (χ4v) is 3.22. The SMILES string of the molecule is Cc1ccc(F)cc1S(=O)(=O)NCC(O)c1ccccc1. The Hall–Kier alpha value is -1.76. The van der Waals surface area contributed by atoms with Gasteiger partial charge in [-0.1, -0.05) is 36.4 Å². The number of benzene rings is 2. The minimum Gasteiger partial charge on any atom is -0.387 e. The molecule has 0 bridgehead atoms. The van der Waals surface area contributed by atoms with Crippen molar-refractivity contribution in [3.05, 3.63) is 65.5 Å². The Labute approximate surface area is 123 Å². The first kappa shape index (κ1) is 15.6. The fourth-order valence-electron chi connectivity index (χ4n) is 1.92. The standard InChI is InChI=1S/C15H16FNO3S/c1-11-7-8-13(16)9-15(11)21(19,20)17-10-14(18)12-5-3-2-4-6-12/h2-9,14,17-18H,10H2,1H3. The summed E-state index contributed by atoms with van der Waals surface area (Å²) >= 11 is 0. The van der Waals surface area contributed by atoms with Crippen LogP contribution < -0.4 is 4.72 Å². The number of halogens is 1. The number of aliphatic hydroxyl groups excluding tert-OH is 1. The molecule has 0 aliphatic carbocycles. The quantitative estimate of drug-likeness (QED) is 0.889. The van der Waals surface area contributed by atoms with E-state index >= 15 is 0 Å². The molecule has 0 radical (unpaired) electrons. The van der Waals surface area contributed by atoms with Crippen molar-refractivity contribution in [2.75, 3.05) is 6.54 Å². The molecule has 0 saturated heterocycles. The summed E-state index contributed by atoms with van der Waals surface area (Å²) in [5.41, 5.74) is 1.05. The molecule has 2 aromatic rings. The largest absolute Gasteiger partial charge is 0.387 e. The molecule has 1 atom stereocenters. The van der Waals surface area contributed by atoms with Gasteiger partial charge in [-0.2, -0.15) is 0 Å². The maximum absolute atomic E-state index is 13.2. The summed E-state index contributed by atoms with van der Waals surface area (Å²) in [5, 5.41) is 9.95. The Morgan fingerprint density at radius 1 is 1.19 bits per heavy atom. The second-order valence-electron chi connectivity index (χ2n) is 4.69. The molecule has 21 heavy (non-hydrogen) atoms. The van der Waals surface area contributed by atoms with Crippen molar-refractivity contribution < 1.29 is 17.9 Å². The lowest BCUT2D eigenvalue weighted by Crippen LogP contribution is -2.29. The van der Waals surface area contributed by atoms with Crippen LogP contribution in [0.4, 0.5) is 4.39 Å². The van der Waals surface area contributed by atoms with Gasteiger partial charge in [0.2, 0.25) is 10.0 Å². The minimum absolute atomic E-state index is 0.122. The van der Waals surface area contributed by atoms with Gasteiger partial charge in [-0.3, -0.25) is 0 Å². The van der Waals surface area contributed by atoms with Gasteiger partial charge in [0.25, 0.3) is 0 Å². The highest BCUT2D eigenvalue weighted by Gasteiger charge is 2.19. The predicted molar refractivity (Wildman–Crippen MR) is 77.7 cm³/mol. The summed E-state index contributed by atoms with van der Waals surface area (Å²) in [4.78, 5) is -0.122. The summed E-state index contributed by atoms with van der Waals surface area (Å²) in [5.74, 6) is -0.621. The Kier molecular flexibility index (Phi) is 4.72. The Bertz CT molecular complexity index is 717.